The highest BCUT2D eigenvalue weighted by atomic mass is 16.5. The number of rotatable bonds is 8. The molecule has 0 heterocycles. The fourth-order valence-electron chi connectivity index (χ4n) is 3.33. The number of amides is 1. The third kappa shape index (κ3) is 3.87. The molecule has 0 spiro atoms. The van der Waals surface area contributed by atoms with E-state index in [0.29, 0.717) is 18.5 Å². The van der Waals surface area contributed by atoms with E-state index in [0.717, 1.165) is 24.2 Å². The number of hydrogen-bond acceptors (Lipinski definition) is 3. The van der Waals surface area contributed by atoms with E-state index in [1.807, 2.05) is 18.2 Å². The summed E-state index contributed by atoms with van der Waals surface area (Å²) < 4.78 is 5.45. The van der Waals surface area contributed by atoms with Crippen LogP contribution in [-0.2, 0) is 16.6 Å². The third-order valence-electron chi connectivity index (χ3n) is 5.02. The minimum absolute atomic E-state index is 0.0404. The van der Waals surface area contributed by atoms with Crippen molar-refractivity contribution in [1.82, 2.24) is 5.32 Å². The van der Waals surface area contributed by atoms with Gasteiger partial charge >= 0.3 is 5.97 Å². The van der Waals surface area contributed by atoms with Crippen molar-refractivity contribution in [2.75, 3.05) is 13.7 Å². The van der Waals surface area contributed by atoms with Gasteiger partial charge in [-0.2, -0.15) is 0 Å². The molecule has 0 unspecified atom stereocenters. The van der Waals surface area contributed by atoms with Gasteiger partial charge < -0.3 is 15.2 Å². The Hall–Kier alpha value is -2.82. The van der Waals surface area contributed by atoms with Crippen LogP contribution in [0.2, 0.25) is 0 Å². The zero-order chi connectivity index (χ0) is 18.6. The number of benzene rings is 2. The molecule has 5 nitrogen and oxygen atoms in total. The van der Waals surface area contributed by atoms with Crippen LogP contribution in [0.1, 0.15) is 40.7 Å². The molecule has 136 valence electrons. The smallest absolute Gasteiger partial charge is 0.335 e. The Bertz CT molecular complexity index is 811. The fourth-order valence-corrected chi connectivity index (χ4v) is 3.33. The average molecular weight is 353 g/mol. The summed E-state index contributed by atoms with van der Waals surface area (Å²) in [6.07, 6.45) is 2.73. The Kier molecular flexibility index (Phi) is 5.26. The van der Waals surface area contributed by atoms with Crippen LogP contribution in [0.5, 0.6) is 5.75 Å². The first-order chi connectivity index (χ1) is 12.6. The molecule has 1 saturated carbocycles. The Labute approximate surface area is 153 Å². The molecule has 1 aliphatic carbocycles. The first-order valence-corrected chi connectivity index (χ1v) is 8.77. The van der Waals surface area contributed by atoms with Gasteiger partial charge in [-0.05, 0) is 37.0 Å². The maximum absolute atomic E-state index is 12.3. The van der Waals surface area contributed by atoms with Crippen molar-refractivity contribution in [3.63, 3.8) is 0 Å². The van der Waals surface area contributed by atoms with Crippen molar-refractivity contribution in [2.45, 2.75) is 31.1 Å². The lowest BCUT2D eigenvalue weighted by molar-refractivity contribution is -0.121. The number of carbonyl (C=O) groups is 2. The fraction of sp³-hybridized carbons (Fsp3) is 0.333. The SMILES string of the molecule is COc1ccccc1C1(CNC(=O)CCc2ccccc2C(=O)O)CC1. The number of para-hydroxylation sites is 1. The zero-order valence-corrected chi connectivity index (χ0v) is 14.8. The number of hydrogen-bond donors (Lipinski definition) is 2. The summed E-state index contributed by atoms with van der Waals surface area (Å²) in [7, 11) is 1.66. The van der Waals surface area contributed by atoms with Crippen molar-refractivity contribution >= 4 is 11.9 Å². The van der Waals surface area contributed by atoms with Crippen LogP contribution in [0.25, 0.3) is 0 Å². The van der Waals surface area contributed by atoms with Gasteiger partial charge in [-0.15, -0.1) is 0 Å². The first kappa shape index (κ1) is 18.0. The Balaban J connectivity index is 1.57. The highest BCUT2D eigenvalue weighted by molar-refractivity contribution is 5.89. The number of aryl methyl sites for hydroxylation is 1. The van der Waals surface area contributed by atoms with Gasteiger partial charge in [0.25, 0.3) is 0 Å². The van der Waals surface area contributed by atoms with E-state index in [1.165, 1.54) is 0 Å². The number of aromatic carboxylic acids is 1. The summed E-state index contributed by atoms with van der Waals surface area (Å²) >= 11 is 0. The molecule has 0 atom stereocenters. The molecule has 2 aromatic rings. The Morgan fingerprint density at radius 2 is 1.81 bits per heavy atom. The van der Waals surface area contributed by atoms with E-state index < -0.39 is 5.97 Å². The van der Waals surface area contributed by atoms with Crippen molar-refractivity contribution in [3.8, 4) is 5.75 Å². The van der Waals surface area contributed by atoms with Crippen LogP contribution >= 0.6 is 0 Å². The molecule has 1 fully saturated rings. The van der Waals surface area contributed by atoms with Gasteiger partial charge in [-0.3, -0.25) is 4.79 Å². The molecule has 1 amide bonds. The molecule has 1 aliphatic rings. The number of nitrogens with one attached hydrogen (secondary N) is 1. The monoisotopic (exact) mass is 353 g/mol. The molecule has 0 bridgehead atoms. The maximum atomic E-state index is 12.3. The second kappa shape index (κ2) is 7.60. The maximum Gasteiger partial charge on any atom is 0.335 e. The minimum atomic E-state index is -0.964. The molecule has 2 N–H and O–H groups in total. The molecule has 0 aliphatic heterocycles. The lowest BCUT2D eigenvalue weighted by atomic mass is 9.94. The number of carbonyl (C=O) groups excluding carboxylic acids is 1. The van der Waals surface area contributed by atoms with E-state index in [1.54, 1.807) is 31.4 Å². The van der Waals surface area contributed by atoms with Crippen molar-refractivity contribution in [1.29, 1.82) is 0 Å². The van der Waals surface area contributed by atoms with Gasteiger partial charge in [0.1, 0.15) is 5.75 Å². The van der Waals surface area contributed by atoms with Crippen molar-refractivity contribution in [3.05, 3.63) is 65.2 Å². The van der Waals surface area contributed by atoms with Crippen LogP contribution in [0, 0.1) is 0 Å². The topological polar surface area (TPSA) is 75.6 Å². The zero-order valence-electron chi connectivity index (χ0n) is 14.8. The number of carboxylic acids is 1. The Morgan fingerprint density at radius 3 is 2.50 bits per heavy atom. The summed E-state index contributed by atoms with van der Waals surface area (Å²) in [5.74, 6) is -0.171. The minimum Gasteiger partial charge on any atom is -0.496 e. The average Bonchev–Trinajstić information content (AvgIpc) is 3.46. The molecule has 0 saturated heterocycles. The lowest BCUT2D eigenvalue weighted by Crippen LogP contribution is -2.32. The normalized spacial score (nSPS) is 14.5. The molecule has 0 aromatic heterocycles. The molecule has 26 heavy (non-hydrogen) atoms. The van der Waals surface area contributed by atoms with Gasteiger partial charge in [0, 0.05) is 23.9 Å². The number of ether oxygens (including phenoxy) is 1. The third-order valence-corrected chi connectivity index (χ3v) is 5.02. The highest BCUT2D eigenvalue weighted by Crippen LogP contribution is 2.50. The lowest BCUT2D eigenvalue weighted by Gasteiger charge is -2.19. The second-order valence-electron chi connectivity index (χ2n) is 6.72. The van der Waals surface area contributed by atoms with Crippen molar-refractivity contribution in [2.24, 2.45) is 0 Å². The van der Waals surface area contributed by atoms with Crippen LogP contribution in [-0.4, -0.2) is 30.6 Å². The van der Waals surface area contributed by atoms with E-state index in [4.69, 9.17) is 4.74 Å². The van der Waals surface area contributed by atoms with Gasteiger partial charge in [-0.25, -0.2) is 4.79 Å². The van der Waals surface area contributed by atoms with Gasteiger partial charge in [0.2, 0.25) is 5.91 Å². The molecule has 2 aromatic carbocycles. The van der Waals surface area contributed by atoms with Crippen LogP contribution in [0.15, 0.2) is 48.5 Å². The first-order valence-electron chi connectivity index (χ1n) is 8.77. The van der Waals surface area contributed by atoms with E-state index in [9.17, 15) is 14.7 Å². The summed E-state index contributed by atoms with van der Waals surface area (Å²) in [6.45, 7) is 0.576. The highest BCUT2D eigenvalue weighted by Gasteiger charge is 2.46. The van der Waals surface area contributed by atoms with E-state index in [2.05, 4.69) is 11.4 Å². The molecule has 3 rings (SSSR count). The predicted molar refractivity (Wildman–Crippen MR) is 98.6 cm³/mol. The summed E-state index contributed by atoms with van der Waals surface area (Å²) in [6, 6.07) is 14.7. The Morgan fingerprint density at radius 1 is 1.12 bits per heavy atom. The second-order valence-corrected chi connectivity index (χ2v) is 6.72. The standard InChI is InChI=1S/C21H23NO4/c1-26-18-9-5-4-8-17(18)21(12-13-21)14-22-19(23)11-10-15-6-2-3-7-16(15)20(24)25/h2-9H,10-14H2,1H3,(H,22,23)(H,24,25). The molecule has 0 radical (unpaired) electrons. The van der Waals surface area contributed by atoms with Gasteiger partial charge in [0.15, 0.2) is 0 Å². The summed E-state index contributed by atoms with van der Waals surface area (Å²) in [4.78, 5) is 23.5. The largest absolute Gasteiger partial charge is 0.496 e. The molecule has 5 heteroatoms. The van der Waals surface area contributed by atoms with Gasteiger partial charge in [0.05, 0.1) is 12.7 Å². The van der Waals surface area contributed by atoms with Crippen LogP contribution < -0.4 is 10.1 Å². The van der Waals surface area contributed by atoms with Crippen molar-refractivity contribution < 1.29 is 19.4 Å². The predicted octanol–water partition coefficient (Wildman–Crippen LogP) is 3.17. The van der Waals surface area contributed by atoms with Crippen LogP contribution in [0.3, 0.4) is 0 Å². The summed E-state index contributed by atoms with van der Waals surface area (Å²) in [5.41, 5.74) is 2.04. The quantitative estimate of drug-likeness (QED) is 0.764. The van der Waals surface area contributed by atoms with E-state index >= 15 is 0 Å². The van der Waals surface area contributed by atoms with E-state index in [-0.39, 0.29) is 23.3 Å². The molecular weight excluding hydrogens is 330 g/mol. The summed E-state index contributed by atoms with van der Waals surface area (Å²) in [5, 5.41) is 12.2. The molecular formula is C21H23NO4. The number of carboxylic acid groups (broad SMARTS) is 1. The van der Waals surface area contributed by atoms with Gasteiger partial charge in [-0.1, -0.05) is 36.4 Å². The van der Waals surface area contributed by atoms with Crippen LogP contribution in [0.4, 0.5) is 0 Å². The number of methoxy groups -OCH3 is 1.